The average Bonchev–Trinajstić information content (AvgIpc) is 3.50. The minimum absolute atomic E-state index is 0.0133. The minimum Gasteiger partial charge on any atom is -0.495 e. The van der Waals surface area contributed by atoms with Gasteiger partial charge in [-0.25, -0.2) is 4.98 Å². The Balaban J connectivity index is 1.10. The second-order valence-corrected chi connectivity index (χ2v) is 8.77. The molecule has 1 atom stereocenters. The number of methoxy groups -OCH3 is 1. The van der Waals surface area contributed by atoms with Crippen molar-refractivity contribution in [2.75, 3.05) is 20.2 Å². The maximum atomic E-state index is 5.79. The fraction of sp³-hybridized carbons (Fsp3) is 0.286. The van der Waals surface area contributed by atoms with Crippen LogP contribution in [-0.2, 0) is 17.7 Å². The number of aryl methyl sites for hydroxylation is 1. The van der Waals surface area contributed by atoms with Crippen LogP contribution < -0.4 is 10.1 Å². The van der Waals surface area contributed by atoms with E-state index in [4.69, 9.17) is 14.5 Å². The Morgan fingerprint density at radius 1 is 1.09 bits per heavy atom. The van der Waals surface area contributed by atoms with E-state index in [-0.39, 0.29) is 6.23 Å². The maximum Gasteiger partial charge on any atom is 0.172 e. The Morgan fingerprint density at radius 2 is 1.94 bits per heavy atom. The molecule has 4 aromatic rings. The quantitative estimate of drug-likeness (QED) is 0.325. The number of aromatic nitrogens is 3. The fourth-order valence-corrected chi connectivity index (χ4v) is 4.33. The van der Waals surface area contributed by atoms with Crippen LogP contribution in [0.4, 0.5) is 0 Å². The number of nitrogens with zero attached hydrogens (tertiary/aromatic N) is 3. The number of ether oxygens (including phenoxy) is 2. The summed E-state index contributed by atoms with van der Waals surface area (Å²) in [5, 5.41) is 3.52. The van der Waals surface area contributed by atoms with Gasteiger partial charge in [0.2, 0.25) is 0 Å². The molecule has 0 saturated carbocycles. The predicted octanol–water partition coefficient (Wildman–Crippen LogP) is 4.79. The first-order chi connectivity index (χ1) is 17.2. The molecule has 180 valence electrons. The number of imidazole rings is 1. The molecule has 7 nitrogen and oxygen atoms in total. The van der Waals surface area contributed by atoms with Gasteiger partial charge in [0, 0.05) is 38.3 Å². The van der Waals surface area contributed by atoms with Crippen LogP contribution in [0.3, 0.4) is 0 Å². The number of rotatable bonds is 10. The SMILES string of the molecule is COc1cccnc1CN1C=COC1CCNCCc1nc2cc(-c3ccc(C)cc3)ccc2[nH]1. The van der Waals surface area contributed by atoms with Gasteiger partial charge in [-0.3, -0.25) is 4.98 Å². The van der Waals surface area contributed by atoms with Gasteiger partial charge in [-0.2, -0.15) is 0 Å². The molecule has 0 amide bonds. The topological polar surface area (TPSA) is 75.3 Å². The van der Waals surface area contributed by atoms with Crippen LogP contribution in [0.25, 0.3) is 22.2 Å². The zero-order chi connectivity index (χ0) is 24.0. The largest absolute Gasteiger partial charge is 0.495 e. The lowest BCUT2D eigenvalue weighted by molar-refractivity contribution is 0.0450. The van der Waals surface area contributed by atoms with Gasteiger partial charge >= 0.3 is 0 Å². The highest BCUT2D eigenvalue weighted by Gasteiger charge is 2.22. The molecule has 0 spiro atoms. The Bertz CT molecular complexity index is 1300. The number of aromatic amines is 1. The third-order valence-electron chi connectivity index (χ3n) is 6.28. The van der Waals surface area contributed by atoms with E-state index < -0.39 is 0 Å². The summed E-state index contributed by atoms with van der Waals surface area (Å²) in [5.41, 5.74) is 6.64. The van der Waals surface area contributed by atoms with Crippen molar-refractivity contribution >= 4 is 11.0 Å². The summed E-state index contributed by atoms with van der Waals surface area (Å²) in [5.74, 6) is 1.79. The van der Waals surface area contributed by atoms with Crippen LogP contribution in [0.5, 0.6) is 5.75 Å². The highest BCUT2D eigenvalue weighted by molar-refractivity contribution is 5.82. The van der Waals surface area contributed by atoms with Gasteiger partial charge in [-0.15, -0.1) is 0 Å². The number of hydrogen-bond acceptors (Lipinski definition) is 6. The molecule has 1 aliphatic heterocycles. The third-order valence-corrected chi connectivity index (χ3v) is 6.28. The van der Waals surface area contributed by atoms with E-state index in [1.165, 1.54) is 16.7 Å². The monoisotopic (exact) mass is 469 g/mol. The maximum absolute atomic E-state index is 5.79. The smallest absolute Gasteiger partial charge is 0.172 e. The summed E-state index contributed by atoms with van der Waals surface area (Å²) in [6.07, 6.45) is 7.20. The zero-order valence-corrected chi connectivity index (χ0v) is 20.2. The first-order valence-electron chi connectivity index (χ1n) is 12.0. The number of nitrogens with one attached hydrogen (secondary N) is 2. The van der Waals surface area contributed by atoms with E-state index in [2.05, 4.69) is 69.6 Å². The molecular formula is C28H31N5O2. The predicted molar refractivity (Wildman–Crippen MR) is 138 cm³/mol. The van der Waals surface area contributed by atoms with Crippen molar-refractivity contribution in [1.29, 1.82) is 0 Å². The van der Waals surface area contributed by atoms with Gasteiger partial charge in [0.05, 0.1) is 24.7 Å². The van der Waals surface area contributed by atoms with Crippen molar-refractivity contribution in [1.82, 2.24) is 25.2 Å². The van der Waals surface area contributed by atoms with E-state index >= 15 is 0 Å². The van der Waals surface area contributed by atoms with Crippen molar-refractivity contribution < 1.29 is 9.47 Å². The van der Waals surface area contributed by atoms with E-state index in [9.17, 15) is 0 Å². The Labute approximate surface area is 205 Å². The molecular weight excluding hydrogens is 438 g/mol. The summed E-state index contributed by atoms with van der Waals surface area (Å²) in [7, 11) is 1.67. The zero-order valence-electron chi connectivity index (χ0n) is 20.2. The summed E-state index contributed by atoms with van der Waals surface area (Å²) in [6.45, 7) is 4.45. The second kappa shape index (κ2) is 10.6. The fourth-order valence-electron chi connectivity index (χ4n) is 4.33. The van der Waals surface area contributed by atoms with Gasteiger partial charge in [0.15, 0.2) is 6.23 Å². The first kappa shape index (κ1) is 22.9. The molecule has 0 bridgehead atoms. The Morgan fingerprint density at radius 3 is 2.80 bits per heavy atom. The lowest BCUT2D eigenvalue weighted by Gasteiger charge is -2.24. The number of hydrogen-bond donors (Lipinski definition) is 2. The van der Waals surface area contributed by atoms with E-state index in [1.807, 2.05) is 18.3 Å². The van der Waals surface area contributed by atoms with Crippen LogP contribution in [-0.4, -0.2) is 46.3 Å². The number of fused-ring (bicyclic) bond motifs is 1. The molecule has 2 N–H and O–H groups in total. The van der Waals surface area contributed by atoms with E-state index in [0.29, 0.717) is 6.54 Å². The molecule has 2 aromatic carbocycles. The minimum atomic E-state index is -0.0133. The van der Waals surface area contributed by atoms with Crippen molar-refractivity contribution in [3.05, 3.63) is 90.3 Å². The normalized spacial score (nSPS) is 15.0. The highest BCUT2D eigenvalue weighted by Crippen LogP contribution is 2.24. The third kappa shape index (κ3) is 5.46. The summed E-state index contributed by atoms with van der Waals surface area (Å²) in [6, 6.07) is 18.8. The summed E-state index contributed by atoms with van der Waals surface area (Å²) in [4.78, 5) is 14.9. The molecule has 1 unspecified atom stereocenters. The lowest BCUT2D eigenvalue weighted by Crippen LogP contribution is -2.32. The van der Waals surface area contributed by atoms with Crippen molar-refractivity contribution in [2.45, 2.75) is 32.5 Å². The average molecular weight is 470 g/mol. The number of H-pyrrole nitrogens is 1. The molecule has 1 aliphatic rings. The van der Waals surface area contributed by atoms with Gasteiger partial charge in [-0.1, -0.05) is 35.9 Å². The Kier molecular flexibility index (Phi) is 6.95. The van der Waals surface area contributed by atoms with Crippen LogP contribution in [0.15, 0.2) is 73.3 Å². The van der Waals surface area contributed by atoms with Crippen molar-refractivity contribution in [3.8, 4) is 16.9 Å². The summed E-state index contributed by atoms with van der Waals surface area (Å²) < 4.78 is 11.2. The van der Waals surface area contributed by atoms with E-state index in [1.54, 1.807) is 19.6 Å². The molecule has 0 aliphatic carbocycles. The van der Waals surface area contributed by atoms with Gasteiger partial charge in [0.1, 0.15) is 23.5 Å². The van der Waals surface area contributed by atoms with Gasteiger partial charge < -0.3 is 24.7 Å². The highest BCUT2D eigenvalue weighted by atomic mass is 16.5. The van der Waals surface area contributed by atoms with Gasteiger partial charge in [0.25, 0.3) is 0 Å². The molecule has 0 saturated heterocycles. The number of benzene rings is 2. The van der Waals surface area contributed by atoms with Crippen molar-refractivity contribution in [2.24, 2.45) is 0 Å². The van der Waals surface area contributed by atoms with Crippen molar-refractivity contribution in [3.63, 3.8) is 0 Å². The van der Waals surface area contributed by atoms with Crippen LogP contribution in [0, 0.1) is 6.92 Å². The second-order valence-electron chi connectivity index (χ2n) is 8.77. The number of pyridine rings is 1. The molecule has 7 heteroatoms. The standard InChI is InChI=1S/C28H31N5O2/c1-20-5-7-21(8-6-20)22-9-10-23-24(18-22)32-27(31-23)11-14-29-15-12-28-33(16-17-35-28)19-25-26(34-2)4-3-13-30-25/h3-10,13,16-18,28-29H,11-12,14-15,19H2,1-2H3,(H,31,32). The Hall–Kier alpha value is -3.84. The summed E-state index contributed by atoms with van der Waals surface area (Å²) >= 11 is 0. The molecule has 2 aromatic heterocycles. The van der Waals surface area contributed by atoms with Gasteiger partial charge in [-0.05, 0) is 42.3 Å². The molecule has 35 heavy (non-hydrogen) atoms. The van der Waals surface area contributed by atoms with E-state index in [0.717, 1.165) is 54.2 Å². The molecule has 3 heterocycles. The molecule has 5 rings (SSSR count). The first-order valence-corrected chi connectivity index (χ1v) is 12.0. The molecule has 0 fully saturated rings. The van der Waals surface area contributed by atoms with Crippen LogP contribution in [0.1, 0.15) is 23.5 Å². The van der Waals surface area contributed by atoms with Crippen LogP contribution >= 0.6 is 0 Å². The molecule has 0 radical (unpaired) electrons. The lowest BCUT2D eigenvalue weighted by atomic mass is 10.0. The van der Waals surface area contributed by atoms with Crippen LogP contribution in [0.2, 0.25) is 0 Å².